The first-order chi connectivity index (χ1) is 7.15. The molecular weight excluding hydrogens is 190 g/mol. The zero-order valence-corrected chi connectivity index (χ0v) is 8.79. The normalized spacial score (nSPS) is 15.8. The molecule has 2 amide bonds. The summed E-state index contributed by atoms with van der Waals surface area (Å²) in [4.78, 5) is 13.0. The Balaban J connectivity index is 2.23. The van der Waals surface area contributed by atoms with Crippen molar-refractivity contribution in [3.63, 3.8) is 0 Å². The number of fused-ring (bicyclic) bond motifs is 1. The molecule has 4 heteroatoms. The zero-order chi connectivity index (χ0) is 10.8. The SMILES string of the molecule is CN1CCc2cc(NC(N)=O)ccc2C1. The minimum Gasteiger partial charge on any atom is -0.351 e. The van der Waals surface area contributed by atoms with Crippen LogP contribution in [0.5, 0.6) is 0 Å². The van der Waals surface area contributed by atoms with Crippen LogP contribution >= 0.6 is 0 Å². The Morgan fingerprint density at radius 3 is 3.00 bits per heavy atom. The van der Waals surface area contributed by atoms with E-state index in [1.807, 2.05) is 12.1 Å². The van der Waals surface area contributed by atoms with Gasteiger partial charge in [0.1, 0.15) is 0 Å². The third-order valence-corrected chi connectivity index (χ3v) is 2.68. The molecule has 0 bridgehead atoms. The van der Waals surface area contributed by atoms with Gasteiger partial charge in [0.05, 0.1) is 0 Å². The van der Waals surface area contributed by atoms with Gasteiger partial charge in [0.25, 0.3) is 0 Å². The van der Waals surface area contributed by atoms with Gasteiger partial charge in [0.15, 0.2) is 0 Å². The molecule has 0 spiro atoms. The van der Waals surface area contributed by atoms with E-state index >= 15 is 0 Å². The lowest BCUT2D eigenvalue weighted by Crippen LogP contribution is -2.26. The molecule has 1 aromatic carbocycles. The monoisotopic (exact) mass is 205 g/mol. The number of carbonyl (C=O) groups excluding carboxylic acids is 1. The molecule has 0 aliphatic carbocycles. The largest absolute Gasteiger partial charge is 0.351 e. The topological polar surface area (TPSA) is 58.4 Å². The number of benzene rings is 1. The molecule has 0 saturated carbocycles. The van der Waals surface area contributed by atoms with E-state index in [9.17, 15) is 4.79 Å². The Hall–Kier alpha value is -1.55. The van der Waals surface area contributed by atoms with Crippen molar-refractivity contribution in [2.45, 2.75) is 13.0 Å². The van der Waals surface area contributed by atoms with Crippen molar-refractivity contribution in [2.75, 3.05) is 18.9 Å². The van der Waals surface area contributed by atoms with Crippen LogP contribution in [0.1, 0.15) is 11.1 Å². The molecule has 0 fully saturated rings. The minimum absolute atomic E-state index is 0.511. The average Bonchev–Trinajstić information content (AvgIpc) is 2.17. The number of nitrogens with two attached hydrogens (primary N) is 1. The molecule has 0 radical (unpaired) electrons. The molecule has 0 atom stereocenters. The Kier molecular flexibility index (Phi) is 2.60. The number of carbonyl (C=O) groups is 1. The van der Waals surface area contributed by atoms with E-state index < -0.39 is 6.03 Å². The number of hydrogen-bond acceptors (Lipinski definition) is 2. The first kappa shape index (κ1) is 9.98. The first-order valence-electron chi connectivity index (χ1n) is 5.02. The summed E-state index contributed by atoms with van der Waals surface area (Å²) >= 11 is 0. The van der Waals surface area contributed by atoms with Gasteiger partial charge >= 0.3 is 6.03 Å². The number of rotatable bonds is 1. The molecule has 0 unspecified atom stereocenters. The van der Waals surface area contributed by atoms with Crippen LogP contribution in [-0.4, -0.2) is 24.5 Å². The highest BCUT2D eigenvalue weighted by Gasteiger charge is 2.13. The summed E-state index contributed by atoms with van der Waals surface area (Å²) in [6.07, 6.45) is 1.03. The molecule has 15 heavy (non-hydrogen) atoms. The Labute approximate surface area is 89.1 Å². The number of nitrogens with one attached hydrogen (secondary N) is 1. The fraction of sp³-hybridized carbons (Fsp3) is 0.364. The van der Waals surface area contributed by atoms with Crippen molar-refractivity contribution in [1.82, 2.24) is 4.90 Å². The van der Waals surface area contributed by atoms with Gasteiger partial charge < -0.3 is 16.0 Å². The van der Waals surface area contributed by atoms with Crippen LogP contribution in [0.25, 0.3) is 0 Å². The standard InChI is InChI=1S/C11H15N3O/c1-14-5-4-8-6-10(13-11(12)15)3-2-9(8)7-14/h2-3,6H,4-5,7H2,1H3,(H3,12,13,15). The molecule has 4 nitrogen and oxygen atoms in total. The van der Waals surface area contributed by atoms with Gasteiger partial charge in [0.2, 0.25) is 0 Å². The summed E-state index contributed by atoms with van der Waals surface area (Å²) in [6.45, 7) is 2.04. The van der Waals surface area contributed by atoms with E-state index in [1.54, 1.807) is 0 Å². The van der Waals surface area contributed by atoms with Crippen molar-refractivity contribution in [1.29, 1.82) is 0 Å². The molecule has 1 aliphatic heterocycles. The quantitative estimate of drug-likeness (QED) is 0.723. The van der Waals surface area contributed by atoms with Crippen LogP contribution in [0, 0.1) is 0 Å². The number of primary amides is 1. The van der Waals surface area contributed by atoms with Gasteiger partial charge in [-0.05, 0) is 36.7 Å². The number of hydrogen-bond donors (Lipinski definition) is 2. The molecule has 1 heterocycles. The van der Waals surface area contributed by atoms with E-state index in [4.69, 9.17) is 5.73 Å². The Bertz CT molecular complexity index is 389. The lowest BCUT2D eigenvalue weighted by molar-refractivity contribution is 0.259. The first-order valence-corrected chi connectivity index (χ1v) is 5.02. The molecule has 80 valence electrons. The van der Waals surface area contributed by atoms with E-state index in [1.165, 1.54) is 11.1 Å². The third kappa shape index (κ3) is 2.27. The summed E-state index contributed by atoms with van der Waals surface area (Å²) in [5.74, 6) is 0. The van der Waals surface area contributed by atoms with Crippen LogP contribution in [-0.2, 0) is 13.0 Å². The summed E-state index contributed by atoms with van der Waals surface area (Å²) in [6, 6.07) is 5.44. The van der Waals surface area contributed by atoms with Crippen molar-refractivity contribution in [3.05, 3.63) is 29.3 Å². The summed E-state index contributed by atoms with van der Waals surface area (Å²) < 4.78 is 0. The maximum atomic E-state index is 10.7. The second kappa shape index (κ2) is 3.90. The van der Waals surface area contributed by atoms with Gasteiger partial charge in [-0.3, -0.25) is 0 Å². The second-order valence-electron chi connectivity index (χ2n) is 3.96. The zero-order valence-electron chi connectivity index (χ0n) is 8.79. The lowest BCUT2D eigenvalue weighted by atomic mass is 9.99. The van der Waals surface area contributed by atoms with Gasteiger partial charge in [-0.15, -0.1) is 0 Å². The van der Waals surface area contributed by atoms with Crippen LogP contribution in [0.2, 0.25) is 0 Å². The van der Waals surface area contributed by atoms with Gasteiger partial charge in [-0.2, -0.15) is 0 Å². The van der Waals surface area contributed by atoms with Gasteiger partial charge in [0, 0.05) is 18.8 Å². The highest BCUT2D eigenvalue weighted by atomic mass is 16.2. The molecule has 0 aromatic heterocycles. The smallest absolute Gasteiger partial charge is 0.316 e. The van der Waals surface area contributed by atoms with Crippen LogP contribution in [0.15, 0.2) is 18.2 Å². The molecule has 1 aromatic rings. The van der Waals surface area contributed by atoms with Crippen LogP contribution in [0.4, 0.5) is 10.5 Å². The number of nitrogens with zero attached hydrogens (tertiary/aromatic N) is 1. The Morgan fingerprint density at radius 2 is 2.27 bits per heavy atom. The van der Waals surface area contributed by atoms with Crippen LogP contribution in [0.3, 0.4) is 0 Å². The maximum absolute atomic E-state index is 10.7. The Morgan fingerprint density at radius 1 is 1.47 bits per heavy atom. The molecule has 0 saturated heterocycles. The lowest BCUT2D eigenvalue weighted by Gasteiger charge is -2.25. The second-order valence-corrected chi connectivity index (χ2v) is 3.96. The van der Waals surface area contributed by atoms with Crippen LogP contribution < -0.4 is 11.1 Å². The predicted molar refractivity (Wildman–Crippen MR) is 59.7 cm³/mol. The van der Waals surface area contributed by atoms with Crippen molar-refractivity contribution in [2.24, 2.45) is 5.73 Å². The fourth-order valence-corrected chi connectivity index (χ4v) is 1.91. The average molecular weight is 205 g/mol. The highest BCUT2D eigenvalue weighted by molar-refractivity contribution is 5.87. The van der Waals surface area contributed by atoms with E-state index in [0.29, 0.717) is 0 Å². The number of urea groups is 1. The van der Waals surface area contributed by atoms with E-state index in [-0.39, 0.29) is 0 Å². The number of likely N-dealkylation sites (N-methyl/N-ethyl adjacent to an activating group) is 1. The van der Waals surface area contributed by atoms with Crippen molar-refractivity contribution < 1.29 is 4.79 Å². The minimum atomic E-state index is -0.511. The van der Waals surface area contributed by atoms with Crippen molar-refractivity contribution >= 4 is 11.7 Å². The fourth-order valence-electron chi connectivity index (χ4n) is 1.91. The maximum Gasteiger partial charge on any atom is 0.316 e. The van der Waals surface area contributed by atoms with Crippen molar-refractivity contribution in [3.8, 4) is 0 Å². The molecule has 2 rings (SSSR count). The number of anilines is 1. The third-order valence-electron chi connectivity index (χ3n) is 2.68. The summed E-state index contributed by atoms with van der Waals surface area (Å²) in [5.41, 5.74) is 8.48. The summed E-state index contributed by atoms with van der Waals surface area (Å²) in [5, 5.41) is 2.59. The van der Waals surface area contributed by atoms with Gasteiger partial charge in [-0.25, -0.2) is 4.79 Å². The molecule has 1 aliphatic rings. The highest BCUT2D eigenvalue weighted by Crippen LogP contribution is 2.21. The van der Waals surface area contributed by atoms with E-state index in [0.717, 1.165) is 25.2 Å². The predicted octanol–water partition coefficient (Wildman–Crippen LogP) is 1.17. The molecular formula is C11H15N3O. The van der Waals surface area contributed by atoms with Gasteiger partial charge in [-0.1, -0.05) is 6.07 Å². The summed E-state index contributed by atoms with van der Waals surface area (Å²) in [7, 11) is 2.11. The molecule has 3 N–H and O–H groups in total. The number of amides is 2. The van der Waals surface area contributed by atoms with E-state index in [2.05, 4.69) is 23.3 Å².